The van der Waals surface area contributed by atoms with Crippen molar-refractivity contribution in [2.75, 3.05) is 24.8 Å². The van der Waals surface area contributed by atoms with Crippen LogP contribution in [0.5, 0.6) is 0 Å². The van der Waals surface area contributed by atoms with E-state index in [0.717, 1.165) is 22.2 Å². The normalized spacial score (nSPS) is 10.3. The molecule has 0 radical (unpaired) electrons. The molecule has 0 amide bonds. The van der Waals surface area contributed by atoms with Crippen LogP contribution in [0.15, 0.2) is 30.3 Å². The Hall–Kier alpha value is -1.85. The van der Waals surface area contributed by atoms with Crippen LogP contribution < -0.4 is 10.6 Å². The molecule has 0 atom stereocenters. The summed E-state index contributed by atoms with van der Waals surface area (Å²) in [6.07, 6.45) is 0. The summed E-state index contributed by atoms with van der Waals surface area (Å²) in [6.45, 7) is 1.05. The summed E-state index contributed by atoms with van der Waals surface area (Å²) < 4.78 is 5.06. The largest absolute Gasteiger partial charge is 0.377 e. The van der Waals surface area contributed by atoms with Crippen LogP contribution in [0.1, 0.15) is 11.4 Å². The Labute approximate surface area is 123 Å². The zero-order valence-corrected chi connectivity index (χ0v) is 12.2. The molecule has 2 aromatic rings. The van der Waals surface area contributed by atoms with E-state index < -0.39 is 0 Å². The Balaban J connectivity index is 2.07. The van der Waals surface area contributed by atoms with Crippen molar-refractivity contribution < 1.29 is 4.74 Å². The number of aromatic nitrogens is 2. The highest BCUT2D eigenvalue weighted by Gasteiger charge is 2.03. The lowest BCUT2D eigenvalue weighted by Crippen LogP contribution is -2.07. The molecule has 0 fully saturated rings. The highest BCUT2D eigenvalue weighted by molar-refractivity contribution is 6.30. The summed E-state index contributed by atoms with van der Waals surface area (Å²) in [7, 11) is 3.44. The van der Waals surface area contributed by atoms with E-state index in [2.05, 4.69) is 20.6 Å². The Kier molecular flexibility index (Phi) is 5.15. The van der Waals surface area contributed by atoms with Gasteiger partial charge < -0.3 is 15.4 Å². The number of benzene rings is 1. The van der Waals surface area contributed by atoms with E-state index in [1.807, 2.05) is 37.4 Å². The molecule has 1 heterocycles. The van der Waals surface area contributed by atoms with Crippen molar-refractivity contribution in [2.24, 2.45) is 0 Å². The van der Waals surface area contributed by atoms with E-state index in [1.54, 1.807) is 7.11 Å². The summed E-state index contributed by atoms with van der Waals surface area (Å²) in [5.74, 6) is 2.15. The molecule has 0 unspecified atom stereocenters. The van der Waals surface area contributed by atoms with Crippen LogP contribution in [-0.2, 0) is 17.9 Å². The van der Waals surface area contributed by atoms with Crippen molar-refractivity contribution in [3.8, 4) is 0 Å². The monoisotopic (exact) mass is 292 g/mol. The smallest absolute Gasteiger partial charge is 0.158 e. The van der Waals surface area contributed by atoms with E-state index >= 15 is 0 Å². The Morgan fingerprint density at radius 3 is 2.50 bits per heavy atom. The number of nitrogens with one attached hydrogen (secondary N) is 2. The molecule has 0 spiro atoms. The van der Waals surface area contributed by atoms with Gasteiger partial charge in [-0.05, 0) is 17.7 Å². The molecular weight excluding hydrogens is 276 g/mol. The Bertz CT molecular complexity index is 560. The predicted molar refractivity (Wildman–Crippen MR) is 81.1 cm³/mol. The number of halogens is 1. The van der Waals surface area contributed by atoms with Gasteiger partial charge in [-0.2, -0.15) is 0 Å². The quantitative estimate of drug-likeness (QED) is 0.857. The highest BCUT2D eigenvalue weighted by atomic mass is 35.5. The molecule has 0 saturated heterocycles. The van der Waals surface area contributed by atoms with E-state index in [9.17, 15) is 0 Å². The first-order chi connectivity index (χ1) is 9.71. The fourth-order valence-corrected chi connectivity index (χ4v) is 1.83. The van der Waals surface area contributed by atoms with E-state index in [0.29, 0.717) is 19.0 Å². The fourth-order valence-electron chi connectivity index (χ4n) is 1.70. The topological polar surface area (TPSA) is 59.1 Å². The summed E-state index contributed by atoms with van der Waals surface area (Å²) in [5.41, 5.74) is 1.13. The Morgan fingerprint density at radius 2 is 1.85 bits per heavy atom. The second-order valence-electron chi connectivity index (χ2n) is 4.22. The van der Waals surface area contributed by atoms with Gasteiger partial charge in [-0.1, -0.05) is 23.7 Å². The maximum atomic E-state index is 5.86. The lowest BCUT2D eigenvalue weighted by molar-refractivity contribution is 0.178. The Morgan fingerprint density at radius 1 is 1.15 bits per heavy atom. The lowest BCUT2D eigenvalue weighted by atomic mass is 10.2. The zero-order chi connectivity index (χ0) is 14.4. The lowest BCUT2D eigenvalue weighted by Gasteiger charge is -2.09. The van der Waals surface area contributed by atoms with E-state index in [1.165, 1.54) is 0 Å². The fraction of sp³-hybridized carbons (Fsp3) is 0.286. The van der Waals surface area contributed by atoms with Gasteiger partial charge >= 0.3 is 0 Å². The molecule has 0 bridgehead atoms. The van der Waals surface area contributed by atoms with Crippen molar-refractivity contribution >= 4 is 23.2 Å². The second-order valence-corrected chi connectivity index (χ2v) is 4.65. The number of nitrogens with zero attached hydrogens (tertiary/aromatic N) is 2. The van der Waals surface area contributed by atoms with Crippen LogP contribution in [0.4, 0.5) is 11.6 Å². The number of rotatable bonds is 6. The first-order valence-corrected chi connectivity index (χ1v) is 6.62. The SMILES string of the molecule is CNc1cc(NCc2ccc(Cl)cc2)nc(COC)n1. The minimum atomic E-state index is 0.380. The van der Waals surface area contributed by atoms with Gasteiger partial charge in [0.15, 0.2) is 5.82 Å². The van der Waals surface area contributed by atoms with Crippen molar-refractivity contribution in [2.45, 2.75) is 13.2 Å². The maximum absolute atomic E-state index is 5.86. The third kappa shape index (κ3) is 4.08. The third-order valence-corrected chi connectivity index (χ3v) is 2.94. The van der Waals surface area contributed by atoms with E-state index in [4.69, 9.17) is 16.3 Å². The number of hydrogen-bond donors (Lipinski definition) is 2. The van der Waals surface area contributed by atoms with Crippen LogP contribution >= 0.6 is 11.6 Å². The summed E-state index contributed by atoms with van der Waals surface area (Å²) >= 11 is 5.86. The van der Waals surface area contributed by atoms with Crippen molar-refractivity contribution in [3.63, 3.8) is 0 Å². The first-order valence-electron chi connectivity index (χ1n) is 6.24. The number of anilines is 2. The molecule has 1 aromatic heterocycles. The van der Waals surface area contributed by atoms with Crippen LogP contribution in [0.3, 0.4) is 0 Å². The maximum Gasteiger partial charge on any atom is 0.158 e. The molecule has 0 aliphatic rings. The molecule has 20 heavy (non-hydrogen) atoms. The van der Waals surface area contributed by atoms with Crippen molar-refractivity contribution in [1.82, 2.24) is 9.97 Å². The van der Waals surface area contributed by atoms with Gasteiger partial charge in [-0.25, -0.2) is 9.97 Å². The van der Waals surface area contributed by atoms with E-state index in [-0.39, 0.29) is 0 Å². The number of hydrogen-bond acceptors (Lipinski definition) is 5. The minimum Gasteiger partial charge on any atom is -0.377 e. The van der Waals surface area contributed by atoms with Gasteiger partial charge in [0.1, 0.15) is 18.2 Å². The standard InChI is InChI=1S/C14H17ClN4O/c1-16-12-7-13(19-14(18-12)9-20-2)17-8-10-3-5-11(15)6-4-10/h3-7H,8-9H2,1-2H3,(H2,16,17,18,19). The second kappa shape index (κ2) is 7.07. The summed E-state index contributed by atoms with van der Waals surface area (Å²) in [6, 6.07) is 9.55. The summed E-state index contributed by atoms with van der Waals surface area (Å²) in [4.78, 5) is 8.69. The molecule has 0 saturated carbocycles. The zero-order valence-electron chi connectivity index (χ0n) is 11.5. The van der Waals surface area contributed by atoms with Gasteiger partial charge in [0.2, 0.25) is 0 Å². The minimum absolute atomic E-state index is 0.380. The van der Waals surface area contributed by atoms with Crippen molar-refractivity contribution in [3.05, 3.63) is 46.7 Å². The molecule has 5 nitrogen and oxygen atoms in total. The number of ether oxygens (including phenoxy) is 1. The van der Waals surface area contributed by atoms with Crippen LogP contribution in [0.2, 0.25) is 5.02 Å². The first kappa shape index (κ1) is 14.6. The summed E-state index contributed by atoms with van der Waals surface area (Å²) in [5, 5.41) is 7.00. The van der Waals surface area contributed by atoms with Crippen molar-refractivity contribution in [1.29, 1.82) is 0 Å². The van der Waals surface area contributed by atoms with Gasteiger partial charge in [-0.3, -0.25) is 0 Å². The van der Waals surface area contributed by atoms with Crippen LogP contribution in [-0.4, -0.2) is 24.1 Å². The van der Waals surface area contributed by atoms with Crippen LogP contribution in [0, 0.1) is 0 Å². The highest BCUT2D eigenvalue weighted by Crippen LogP contribution is 2.14. The predicted octanol–water partition coefficient (Wildman–Crippen LogP) is 2.93. The molecule has 2 rings (SSSR count). The van der Waals surface area contributed by atoms with Gasteiger partial charge in [0.05, 0.1) is 0 Å². The van der Waals surface area contributed by atoms with Gasteiger partial charge in [0, 0.05) is 31.8 Å². The molecule has 0 aliphatic heterocycles. The molecule has 106 valence electrons. The average Bonchev–Trinajstić information content (AvgIpc) is 2.47. The molecular formula is C14H17ClN4O. The molecule has 0 aliphatic carbocycles. The molecule has 2 N–H and O–H groups in total. The average molecular weight is 293 g/mol. The van der Waals surface area contributed by atoms with Crippen LogP contribution in [0.25, 0.3) is 0 Å². The van der Waals surface area contributed by atoms with Gasteiger partial charge in [0.25, 0.3) is 0 Å². The third-order valence-electron chi connectivity index (χ3n) is 2.69. The molecule has 1 aromatic carbocycles. The number of methoxy groups -OCH3 is 1. The van der Waals surface area contributed by atoms with Gasteiger partial charge in [-0.15, -0.1) is 0 Å². The molecule has 6 heteroatoms.